The first kappa shape index (κ1) is 19.0. The van der Waals surface area contributed by atoms with Crippen LogP contribution in [-0.4, -0.2) is 15.8 Å². The molecule has 0 bridgehead atoms. The maximum absolute atomic E-state index is 13.9. The minimum Gasteiger partial charge on any atom is -0.455 e. The van der Waals surface area contributed by atoms with Crippen LogP contribution in [0.25, 0.3) is 0 Å². The molecule has 0 aliphatic carbocycles. The van der Waals surface area contributed by atoms with E-state index in [1.807, 2.05) is 0 Å². The fourth-order valence-electron chi connectivity index (χ4n) is 2.56. The highest BCUT2D eigenvalue weighted by Gasteiger charge is 2.19. The van der Waals surface area contributed by atoms with Crippen molar-refractivity contribution in [3.63, 3.8) is 0 Å². The zero-order valence-electron chi connectivity index (χ0n) is 15.1. The highest BCUT2D eigenvalue weighted by atomic mass is 19.1. The number of hydrogen-bond acceptors (Lipinski definition) is 5. The number of halogens is 1. The van der Waals surface area contributed by atoms with E-state index in [1.165, 1.54) is 6.92 Å². The topological polar surface area (TPSA) is 94.4 Å². The Bertz CT molecular complexity index is 1050. The molecule has 2 aromatic carbocycles. The smallest absolute Gasteiger partial charge is 0.276 e. The number of rotatable bonds is 5. The number of nitro benzene ring substituents is 1. The Morgan fingerprint density at radius 1 is 1.21 bits per heavy atom. The third kappa shape index (κ3) is 4.12. The van der Waals surface area contributed by atoms with Crippen LogP contribution in [0.3, 0.4) is 0 Å². The predicted molar refractivity (Wildman–Crippen MR) is 101 cm³/mol. The van der Waals surface area contributed by atoms with Crippen molar-refractivity contribution >= 4 is 17.3 Å². The summed E-state index contributed by atoms with van der Waals surface area (Å²) in [5.41, 5.74) is 0.506. The first-order valence-electron chi connectivity index (χ1n) is 8.29. The van der Waals surface area contributed by atoms with Gasteiger partial charge in [-0.25, -0.2) is 4.39 Å². The van der Waals surface area contributed by atoms with Crippen molar-refractivity contribution in [2.75, 3.05) is 5.32 Å². The number of anilines is 1. The van der Waals surface area contributed by atoms with Gasteiger partial charge in [-0.1, -0.05) is 0 Å². The average molecular weight is 381 g/mol. The molecule has 0 atom stereocenters. The molecule has 0 spiro atoms. The number of aryl methyl sites for hydroxylation is 1. The molecule has 1 N–H and O–H groups in total. The number of carbonyl (C=O) groups is 1. The van der Waals surface area contributed by atoms with Crippen LogP contribution in [0.4, 0.5) is 15.8 Å². The molecule has 0 aliphatic rings. The minimum atomic E-state index is -0.809. The molecule has 3 aromatic rings. The number of benzene rings is 2. The van der Waals surface area contributed by atoms with Crippen LogP contribution in [0.15, 0.2) is 54.9 Å². The van der Waals surface area contributed by atoms with Gasteiger partial charge in [0.25, 0.3) is 11.6 Å². The molecule has 3 rings (SSSR count). The standard InChI is InChI=1S/C20H16FN3O4/c1-12-8-15(5-6-19(12)28-16-4-3-7-22-11-16)23-20(25)14-9-17(21)13(2)18(10-14)24(26)27/h3-11H,1-2H3,(H,23,25). The van der Waals surface area contributed by atoms with Gasteiger partial charge in [-0.3, -0.25) is 19.9 Å². The number of nitrogens with zero attached hydrogens (tertiary/aromatic N) is 2. The van der Waals surface area contributed by atoms with Crippen LogP contribution < -0.4 is 10.1 Å². The minimum absolute atomic E-state index is 0.116. The Morgan fingerprint density at radius 3 is 2.64 bits per heavy atom. The van der Waals surface area contributed by atoms with Crippen molar-refractivity contribution < 1.29 is 18.8 Å². The summed E-state index contributed by atoms with van der Waals surface area (Å²) in [5, 5.41) is 13.6. The molecule has 0 fully saturated rings. The van der Waals surface area contributed by atoms with Gasteiger partial charge in [0.2, 0.25) is 0 Å². The van der Waals surface area contributed by atoms with E-state index in [0.717, 1.165) is 17.7 Å². The molecule has 7 nitrogen and oxygen atoms in total. The SMILES string of the molecule is Cc1cc(NC(=O)c2cc(F)c(C)c([N+](=O)[O-])c2)ccc1Oc1cccnc1. The lowest BCUT2D eigenvalue weighted by Crippen LogP contribution is -2.13. The van der Waals surface area contributed by atoms with Gasteiger partial charge in [-0.2, -0.15) is 0 Å². The summed E-state index contributed by atoms with van der Waals surface area (Å²) in [6.45, 7) is 3.09. The summed E-state index contributed by atoms with van der Waals surface area (Å²) in [4.78, 5) is 26.7. The second-order valence-corrected chi connectivity index (χ2v) is 6.08. The predicted octanol–water partition coefficient (Wildman–Crippen LogP) is 4.79. The molecule has 1 aromatic heterocycles. The second kappa shape index (κ2) is 7.83. The largest absolute Gasteiger partial charge is 0.455 e. The summed E-state index contributed by atoms with van der Waals surface area (Å²) in [6, 6.07) is 10.5. The summed E-state index contributed by atoms with van der Waals surface area (Å²) >= 11 is 0. The fourth-order valence-corrected chi connectivity index (χ4v) is 2.56. The second-order valence-electron chi connectivity index (χ2n) is 6.08. The lowest BCUT2D eigenvalue weighted by Gasteiger charge is -2.11. The number of ether oxygens (including phenoxy) is 1. The molecule has 1 amide bonds. The number of hydrogen-bond donors (Lipinski definition) is 1. The average Bonchev–Trinajstić information content (AvgIpc) is 2.66. The highest BCUT2D eigenvalue weighted by Crippen LogP contribution is 2.28. The third-order valence-corrected chi connectivity index (χ3v) is 4.07. The number of nitro groups is 1. The van der Waals surface area contributed by atoms with E-state index in [4.69, 9.17) is 4.74 Å². The highest BCUT2D eigenvalue weighted by molar-refractivity contribution is 6.04. The lowest BCUT2D eigenvalue weighted by atomic mass is 10.1. The van der Waals surface area contributed by atoms with Crippen LogP contribution in [0.5, 0.6) is 11.5 Å². The van der Waals surface area contributed by atoms with Gasteiger partial charge in [-0.15, -0.1) is 0 Å². The summed E-state index contributed by atoms with van der Waals surface area (Å²) < 4.78 is 19.6. The maximum Gasteiger partial charge on any atom is 0.276 e. The number of amides is 1. The van der Waals surface area contributed by atoms with Crippen molar-refractivity contribution in [2.24, 2.45) is 0 Å². The summed E-state index contributed by atoms with van der Waals surface area (Å²) in [5.74, 6) is -0.300. The number of carbonyl (C=O) groups excluding carboxylic acids is 1. The number of aromatic nitrogens is 1. The van der Waals surface area contributed by atoms with E-state index < -0.39 is 22.3 Å². The van der Waals surface area contributed by atoms with Crippen molar-refractivity contribution in [1.29, 1.82) is 0 Å². The lowest BCUT2D eigenvalue weighted by molar-refractivity contribution is -0.385. The van der Waals surface area contributed by atoms with E-state index in [9.17, 15) is 19.3 Å². The van der Waals surface area contributed by atoms with E-state index in [0.29, 0.717) is 17.2 Å². The zero-order valence-corrected chi connectivity index (χ0v) is 15.1. The number of pyridine rings is 1. The van der Waals surface area contributed by atoms with Crippen molar-refractivity contribution in [3.05, 3.63) is 87.5 Å². The van der Waals surface area contributed by atoms with Crippen LogP contribution in [-0.2, 0) is 0 Å². The molecule has 0 aliphatic heterocycles. The van der Waals surface area contributed by atoms with Crippen molar-refractivity contribution in [3.8, 4) is 11.5 Å². The molecule has 0 radical (unpaired) electrons. The van der Waals surface area contributed by atoms with Gasteiger partial charge in [0.15, 0.2) is 0 Å². The van der Waals surface area contributed by atoms with Gasteiger partial charge in [0.05, 0.1) is 16.7 Å². The first-order valence-corrected chi connectivity index (χ1v) is 8.29. The van der Waals surface area contributed by atoms with Gasteiger partial charge in [0.1, 0.15) is 17.3 Å². The van der Waals surface area contributed by atoms with Gasteiger partial charge < -0.3 is 10.1 Å². The monoisotopic (exact) mass is 381 g/mol. The van der Waals surface area contributed by atoms with Crippen LogP contribution in [0.1, 0.15) is 21.5 Å². The van der Waals surface area contributed by atoms with Gasteiger partial charge >= 0.3 is 0 Å². The third-order valence-electron chi connectivity index (χ3n) is 4.07. The molecule has 1 heterocycles. The van der Waals surface area contributed by atoms with E-state index >= 15 is 0 Å². The quantitative estimate of drug-likeness (QED) is 0.506. The van der Waals surface area contributed by atoms with Crippen molar-refractivity contribution in [1.82, 2.24) is 4.98 Å². The normalized spacial score (nSPS) is 10.4. The molecule has 28 heavy (non-hydrogen) atoms. The Morgan fingerprint density at radius 2 is 2.00 bits per heavy atom. The molecular formula is C20H16FN3O4. The van der Waals surface area contributed by atoms with E-state index in [1.54, 1.807) is 49.6 Å². The molecule has 8 heteroatoms. The maximum atomic E-state index is 13.9. The first-order chi connectivity index (χ1) is 13.3. The molecule has 0 saturated carbocycles. The van der Waals surface area contributed by atoms with Crippen molar-refractivity contribution in [2.45, 2.75) is 13.8 Å². The molecule has 142 valence electrons. The van der Waals surface area contributed by atoms with Crippen LogP contribution in [0, 0.1) is 29.8 Å². The Kier molecular flexibility index (Phi) is 5.30. The van der Waals surface area contributed by atoms with E-state index in [2.05, 4.69) is 10.3 Å². The van der Waals surface area contributed by atoms with Gasteiger partial charge in [0, 0.05) is 23.5 Å². The van der Waals surface area contributed by atoms with E-state index in [-0.39, 0.29) is 11.1 Å². The van der Waals surface area contributed by atoms with Crippen LogP contribution in [0.2, 0.25) is 0 Å². The molecule has 0 unspecified atom stereocenters. The molecular weight excluding hydrogens is 365 g/mol. The Labute approximate surface area is 160 Å². The Hall–Kier alpha value is -3.81. The fraction of sp³-hybridized carbons (Fsp3) is 0.100. The molecule has 0 saturated heterocycles. The number of nitrogens with one attached hydrogen (secondary N) is 1. The summed E-state index contributed by atoms with van der Waals surface area (Å²) in [7, 11) is 0. The van der Waals surface area contributed by atoms with Crippen LogP contribution >= 0.6 is 0 Å². The zero-order chi connectivity index (χ0) is 20.3. The summed E-state index contributed by atoms with van der Waals surface area (Å²) in [6.07, 6.45) is 3.21. The van der Waals surface area contributed by atoms with Gasteiger partial charge in [-0.05, 0) is 55.8 Å². The Balaban J connectivity index is 1.79.